The van der Waals surface area contributed by atoms with E-state index >= 15 is 0 Å². The first kappa shape index (κ1) is 20.4. The SMILES string of the molecule is COc1cc2ncnc(Nc3ccc(F)c(Cl)c3)c2cc1NCc1cccc(C#N)c1. The van der Waals surface area contributed by atoms with E-state index in [-0.39, 0.29) is 5.02 Å². The molecule has 0 saturated heterocycles. The molecule has 0 aliphatic rings. The molecule has 0 atom stereocenters. The van der Waals surface area contributed by atoms with Crippen LogP contribution in [0.3, 0.4) is 0 Å². The summed E-state index contributed by atoms with van der Waals surface area (Å²) in [7, 11) is 1.59. The Morgan fingerprint density at radius 2 is 2.00 bits per heavy atom. The second-order valence-corrected chi connectivity index (χ2v) is 7.12. The summed E-state index contributed by atoms with van der Waals surface area (Å²) in [6, 6.07) is 17.6. The molecule has 0 aliphatic carbocycles. The number of nitriles is 1. The number of hydrogen-bond acceptors (Lipinski definition) is 6. The average molecular weight is 434 g/mol. The Labute approximate surface area is 183 Å². The van der Waals surface area contributed by atoms with E-state index in [4.69, 9.17) is 21.6 Å². The second-order valence-electron chi connectivity index (χ2n) is 6.71. The first-order valence-electron chi connectivity index (χ1n) is 9.35. The number of benzene rings is 3. The fraction of sp³-hybridized carbons (Fsp3) is 0.0870. The smallest absolute Gasteiger partial charge is 0.144 e. The number of rotatable bonds is 6. The van der Waals surface area contributed by atoms with Crippen LogP contribution in [0, 0.1) is 17.1 Å². The van der Waals surface area contributed by atoms with Crippen LogP contribution in [0.25, 0.3) is 10.9 Å². The van der Waals surface area contributed by atoms with Gasteiger partial charge in [0.25, 0.3) is 0 Å². The molecule has 31 heavy (non-hydrogen) atoms. The molecular weight excluding hydrogens is 417 g/mol. The number of anilines is 3. The molecule has 0 saturated carbocycles. The maximum absolute atomic E-state index is 13.5. The molecule has 0 fully saturated rings. The molecule has 0 unspecified atom stereocenters. The monoisotopic (exact) mass is 433 g/mol. The number of ether oxygens (including phenoxy) is 1. The van der Waals surface area contributed by atoms with E-state index in [1.807, 2.05) is 30.3 Å². The highest BCUT2D eigenvalue weighted by molar-refractivity contribution is 6.31. The summed E-state index contributed by atoms with van der Waals surface area (Å²) in [6.45, 7) is 0.501. The van der Waals surface area contributed by atoms with Gasteiger partial charge in [0.15, 0.2) is 0 Å². The Morgan fingerprint density at radius 1 is 1.13 bits per heavy atom. The predicted molar refractivity (Wildman–Crippen MR) is 119 cm³/mol. The van der Waals surface area contributed by atoms with E-state index in [1.165, 1.54) is 18.5 Å². The Hall–Kier alpha value is -3.89. The van der Waals surface area contributed by atoms with Crippen molar-refractivity contribution in [3.63, 3.8) is 0 Å². The minimum Gasteiger partial charge on any atom is -0.495 e. The summed E-state index contributed by atoms with van der Waals surface area (Å²) in [4.78, 5) is 8.65. The fourth-order valence-electron chi connectivity index (χ4n) is 3.15. The van der Waals surface area contributed by atoms with E-state index in [9.17, 15) is 4.39 Å². The van der Waals surface area contributed by atoms with Gasteiger partial charge >= 0.3 is 0 Å². The summed E-state index contributed by atoms with van der Waals surface area (Å²) in [5, 5.41) is 16.4. The molecule has 3 aromatic carbocycles. The van der Waals surface area contributed by atoms with Gasteiger partial charge in [-0.05, 0) is 42.0 Å². The molecule has 1 aromatic heterocycles. The molecule has 0 aliphatic heterocycles. The third-order valence-corrected chi connectivity index (χ3v) is 4.97. The van der Waals surface area contributed by atoms with E-state index in [0.29, 0.717) is 34.9 Å². The van der Waals surface area contributed by atoms with E-state index in [2.05, 4.69) is 26.7 Å². The summed E-state index contributed by atoms with van der Waals surface area (Å²) >= 11 is 5.89. The molecule has 4 aromatic rings. The van der Waals surface area contributed by atoms with Crippen molar-refractivity contribution in [2.75, 3.05) is 17.7 Å². The van der Waals surface area contributed by atoms with Crippen LogP contribution in [-0.2, 0) is 6.54 Å². The summed E-state index contributed by atoms with van der Waals surface area (Å²) in [5.74, 6) is 0.680. The van der Waals surface area contributed by atoms with Gasteiger partial charge in [0.1, 0.15) is 23.7 Å². The maximum atomic E-state index is 13.5. The highest BCUT2D eigenvalue weighted by Crippen LogP contribution is 2.33. The minimum absolute atomic E-state index is 0.0204. The number of hydrogen-bond donors (Lipinski definition) is 2. The number of fused-ring (bicyclic) bond motifs is 1. The van der Waals surface area contributed by atoms with Crippen molar-refractivity contribution in [2.24, 2.45) is 0 Å². The topological polar surface area (TPSA) is 82.9 Å². The van der Waals surface area contributed by atoms with Crippen molar-refractivity contribution in [2.45, 2.75) is 6.54 Å². The first-order valence-corrected chi connectivity index (χ1v) is 9.73. The standard InChI is InChI=1S/C23H17ClFN5O/c1-31-22-10-20-17(9-21(22)27-12-15-4-2-3-14(7-15)11-26)23(29-13-28-20)30-16-5-6-19(25)18(24)8-16/h2-10,13,27H,12H2,1H3,(H,28,29,30). The molecule has 0 radical (unpaired) electrons. The Morgan fingerprint density at radius 3 is 2.77 bits per heavy atom. The molecule has 4 rings (SSSR count). The second kappa shape index (κ2) is 8.86. The zero-order valence-electron chi connectivity index (χ0n) is 16.5. The number of nitrogens with one attached hydrogen (secondary N) is 2. The summed E-state index contributed by atoms with van der Waals surface area (Å²) < 4.78 is 19.0. The van der Waals surface area contributed by atoms with Crippen molar-refractivity contribution in [1.82, 2.24) is 9.97 Å². The molecule has 0 amide bonds. The maximum Gasteiger partial charge on any atom is 0.144 e. The predicted octanol–water partition coefficient (Wildman–Crippen LogP) is 5.66. The lowest BCUT2D eigenvalue weighted by atomic mass is 10.1. The highest BCUT2D eigenvalue weighted by atomic mass is 35.5. The van der Waals surface area contributed by atoms with Crippen LogP contribution in [-0.4, -0.2) is 17.1 Å². The average Bonchev–Trinajstić information content (AvgIpc) is 2.80. The third-order valence-electron chi connectivity index (χ3n) is 4.68. The van der Waals surface area contributed by atoms with Crippen LogP contribution >= 0.6 is 11.6 Å². The lowest BCUT2D eigenvalue weighted by Gasteiger charge is -2.15. The lowest BCUT2D eigenvalue weighted by molar-refractivity contribution is 0.417. The first-order chi connectivity index (χ1) is 15.1. The van der Waals surface area contributed by atoms with Gasteiger partial charge in [0, 0.05) is 23.7 Å². The molecule has 6 nitrogen and oxygen atoms in total. The Bertz CT molecular complexity index is 1310. The summed E-state index contributed by atoms with van der Waals surface area (Å²) in [6.07, 6.45) is 1.44. The van der Waals surface area contributed by atoms with Crippen molar-refractivity contribution in [3.05, 3.63) is 82.9 Å². The van der Waals surface area contributed by atoms with Crippen LogP contribution in [0.2, 0.25) is 5.02 Å². The van der Waals surface area contributed by atoms with Crippen LogP contribution < -0.4 is 15.4 Å². The molecular formula is C23H17ClFN5O. The Kier molecular flexibility index (Phi) is 5.83. The van der Waals surface area contributed by atoms with Crippen LogP contribution in [0.15, 0.2) is 60.9 Å². The van der Waals surface area contributed by atoms with E-state index < -0.39 is 5.82 Å². The molecule has 0 bridgehead atoms. The minimum atomic E-state index is -0.489. The van der Waals surface area contributed by atoms with Crippen molar-refractivity contribution in [1.29, 1.82) is 5.26 Å². The van der Waals surface area contributed by atoms with Crippen molar-refractivity contribution >= 4 is 39.7 Å². The Balaban J connectivity index is 1.67. The zero-order chi connectivity index (χ0) is 21.8. The molecule has 8 heteroatoms. The number of halogens is 2. The molecule has 0 spiro atoms. The normalized spacial score (nSPS) is 10.5. The van der Waals surface area contributed by atoms with Crippen molar-refractivity contribution in [3.8, 4) is 11.8 Å². The number of nitrogens with zero attached hydrogens (tertiary/aromatic N) is 3. The quantitative estimate of drug-likeness (QED) is 0.408. The lowest BCUT2D eigenvalue weighted by Crippen LogP contribution is -2.03. The van der Waals surface area contributed by atoms with Gasteiger partial charge in [0.05, 0.1) is 35.0 Å². The van der Waals surface area contributed by atoms with Crippen LogP contribution in [0.5, 0.6) is 5.75 Å². The van der Waals surface area contributed by atoms with Gasteiger partial charge in [-0.2, -0.15) is 5.26 Å². The van der Waals surface area contributed by atoms with Crippen molar-refractivity contribution < 1.29 is 9.13 Å². The molecule has 2 N–H and O–H groups in total. The van der Waals surface area contributed by atoms with Gasteiger partial charge in [-0.15, -0.1) is 0 Å². The fourth-order valence-corrected chi connectivity index (χ4v) is 3.33. The zero-order valence-corrected chi connectivity index (χ0v) is 17.2. The van der Waals surface area contributed by atoms with Gasteiger partial charge in [0.2, 0.25) is 0 Å². The largest absolute Gasteiger partial charge is 0.495 e. The van der Waals surface area contributed by atoms with Gasteiger partial charge < -0.3 is 15.4 Å². The van der Waals surface area contributed by atoms with Gasteiger partial charge in [-0.25, -0.2) is 14.4 Å². The molecule has 154 valence electrons. The van der Waals surface area contributed by atoms with E-state index in [0.717, 1.165) is 16.6 Å². The third kappa shape index (κ3) is 4.49. The van der Waals surface area contributed by atoms with Gasteiger partial charge in [-0.1, -0.05) is 23.7 Å². The number of aromatic nitrogens is 2. The van der Waals surface area contributed by atoms with Crippen LogP contribution in [0.4, 0.5) is 21.6 Å². The highest BCUT2D eigenvalue weighted by Gasteiger charge is 2.12. The summed E-state index contributed by atoms with van der Waals surface area (Å²) in [5.41, 5.74) is 3.59. The van der Waals surface area contributed by atoms with Gasteiger partial charge in [-0.3, -0.25) is 0 Å². The van der Waals surface area contributed by atoms with E-state index in [1.54, 1.807) is 19.2 Å². The number of methoxy groups -OCH3 is 1. The molecule has 1 heterocycles. The van der Waals surface area contributed by atoms with Crippen LogP contribution in [0.1, 0.15) is 11.1 Å².